The molecule has 1 aliphatic heterocycles. The highest BCUT2D eigenvalue weighted by molar-refractivity contribution is 5.89. The van der Waals surface area contributed by atoms with Crippen molar-refractivity contribution < 1.29 is 18.4 Å². The van der Waals surface area contributed by atoms with Gasteiger partial charge < -0.3 is 25.8 Å². The fourth-order valence-corrected chi connectivity index (χ4v) is 4.15. The SMILES string of the molecule is CN(C)c1c(F)cc(NC(=O)N2CCC(NC(=O)NC3CCCCC3)CC2)cc1F. The lowest BCUT2D eigenvalue weighted by Gasteiger charge is -2.33. The number of carbonyl (C=O) groups is 2. The summed E-state index contributed by atoms with van der Waals surface area (Å²) in [5, 5.41) is 8.59. The Morgan fingerprint density at radius 3 is 2.00 bits per heavy atom. The quantitative estimate of drug-likeness (QED) is 0.692. The summed E-state index contributed by atoms with van der Waals surface area (Å²) in [4.78, 5) is 27.6. The predicted octanol–water partition coefficient (Wildman–Crippen LogP) is 3.66. The van der Waals surface area contributed by atoms with Gasteiger partial charge >= 0.3 is 12.1 Å². The minimum atomic E-state index is -0.734. The van der Waals surface area contributed by atoms with Gasteiger partial charge in [0.2, 0.25) is 0 Å². The summed E-state index contributed by atoms with van der Waals surface area (Å²) in [5.74, 6) is -1.47. The molecule has 9 heteroatoms. The Bertz CT molecular complexity index is 737. The van der Waals surface area contributed by atoms with Gasteiger partial charge in [0.05, 0.1) is 0 Å². The topological polar surface area (TPSA) is 76.7 Å². The lowest BCUT2D eigenvalue weighted by atomic mass is 9.96. The third-order valence-corrected chi connectivity index (χ3v) is 5.77. The summed E-state index contributed by atoms with van der Waals surface area (Å²) in [6, 6.07) is 1.94. The Morgan fingerprint density at radius 2 is 1.47 bits per heavy atom. The van der Waals surface area contributed by atoms with Gasteiger partial charge in [0.1, 0.15) is 5.69 Å². The van der Waals surface area contributed by atoms with Gasteiger partial charge in [-0.2, -0.15) is 0 Å². The van der Waals surface area contributed by atoms with Gasteiger partial charge in [-0.3, -0.25) is 0 Å². The highest BCUT2D eigenvalue weighted by Crippen LogP contribution is 2.26. The van der Waals surface area contributed by atoms with Crippen molar-refractivity contribution >= 4 is 23.4 Å². The van der Waals surface area contributed by atoms with Gasteiger partial charge in [-0.25, -0.2) is 18.4 Å². The molecule has 1 aromatic carbocycles. The molecular formula is C21H31F2N5O2. The van der Waals surface area contributed by atoms with E-state index in [9.17, 15) is 18.4 Å². The van der Waals surface area contributed by atoms with E-state index >= 15 is 0 Å². The maximum absolute atomic E-state index is 14.1. The van der Waals surface area contributed by atoms with Crippen molar-refractivity contribution in [2.24, 2.45) is 0 Å². The van der Waals surface area contributed by atoms with E-state index in [0.29, 0.717) is 25.9 Å². The second kappa shape index (κ2) is 9.95. The number of halogens is 2. The minimum absolute atomic E-state index is 0.00639. The largest absolute Gasteiger partial charge is 0.373 e. The molecular weight excluding hydrogens is 392 g/mol. The molecule has 0 unspecified atom stereocenters. The van der Waals surface area contributed by atoms with Crippen LogP contribution in [0.2, 0.25) is 0 Å². The number of piperidine rings is 1. The van der Waals surface area contributed by atoms with Crippen LogP contribution in [0.4, 0.5) is 29.7 Å². The maximum Gasteiger partial charge on any atom is 0.321 e. The van der Waals surface area contributed by atoms with Crippen LogP contribution in [-0.2, 0) is 0 Å². The molecule has 30 heavy (non-hydrogen) atoms. The number of likely N-dealkylation sites (tertiary alicyclic amines) is 1. The van der Waals surface area contributed by atoms with E-state index in [4.69, 9.17) is 0 Å². The van der Waals surface area contributed by atoms with E-state index in [0.717, 1.165) is 37.8 Å². The molecule has 0 aromatic heterocycles. The molecule has 3 rings (SSSR count). The summed E-state index contributed by atoms with van der Waals surface area (Å²) >= 11 is 0. The zero-order valence-corrected chi connectivity index (χ0v) is 17.6. The number of nitrogens with zero attached hydrogens (tertiary/aromatic N) is 2. The Morgan fingerprint density at radius 1 is 0.933 bits per heavy atom. The van der Waals surface area contributed by atoms with Crippen molar-refractivity contribution in [3.05, 3.63) is 23.8 Å². The van der Waals surface area contributed by atoms with Crippen molar-refractivity contribution in [3.8, 4) is 0 Å². The Balaban J connectivity index is 1.45. The minimum Gasteiger partial charge on any atom is -0.373 e. The number of urea groups is 2. The van der Waals surface area contributed by atoms with Crippen LogP contribution in [0, 0.1) is 11.6 Å². The average Bonchev–Trinajstić information content (AvgIpc) is 2.68. The monoisotopic (exact) mass is 423 g/mol. The fourth-order valence-electron chi connectivity index (χ4n) is 4.15. The molecule has 0 bridgehead atoms. The molecule has 1 aliphatic carbocycles. The van der Waals surface area contributed by atoms with E-state index < -0.39 is 17.7 Å². The van der Waals surface area contributed by atoms with Crippen LogP contribution in [0.25, 0.3) is 0 Å². The molecule has 3 N–H and O–H groups in total. The normalized spacial score (nSPS) is 18.1. The smallest absolute Gasteiger partial charge is 0.321 e. The molecule has 0 radical (unpaired) electrons. The van der Waals surface area contributed by atoms with E-state index in [1.807, 2.05) is 0 Å². The molecule has 2 aliphatic rings. The average molecular weight is 424 g/mol. The summed E-state index contributed by atoms with van der Waals surface area (Å²) in [5.41, 5.74) is -0.0703. The van der Waals surface area contributed by atoms with Crippen LogP contribution in [0.15, 0.2) is 12.1 Å². The lowest BCUT2D eigenvalue weighted by molar-refractivity contribution is 0.186. The number of anilines is 2. The zero-order valence-electron chi connectivity index (χ0n) is 17.6. The molecule has 166 valence electrons. The lowest BCUT2D eigenvalue weighted by Crippen LogP contribution is -2.51. The molecule has 1 aromatic rings. The first-order valence-electron chi connectivity index (χ1n) is 10.6. The Kier molecular flexibility index (Phi) is 7.33. The molecule has 2 fully saturated rings. The molecule has 0 atom stereocenters. The van der Waals surface area contributed by atoms with Crippen LogP contribution in [0.5, 0.6) is 0 Å². The highest BCUT2D eigenvalue weighted by Gasteiger charge is 2.25. The number of hydrogen-bond acceptors (Lipinski definition) is 3. The third-order valence-electron chi connectivity index (χ3n) is 5.77. The molecule has 1 saturated heterocycles. The van der Waals surface area contributed by atoms with Crippen molar-refractivity contribution in [3.63, 3.8) is 0 Å². The van der Waals surface area contributed by atoms with Crippen LogP contribution in [-0.4, -0.2) is 56.2 Å². The zero-order chi connectivity index (χ0) is 21.7. The Hall–Kier alpha value is -2.58. The van der Waals surface area contributed by atoms with E-state index in [-0.39, 0.29) is 29.5 Å². The van der Waals surface area contributed by atoms with Crippen molar-refractivity contribution in [2.45, 2.75) is 57.0 Å². The molecule has 7 nitrogen and oxygen atoms in total. The van der Waals surface area contributed by atoms with E-state index in [2.05, 4.69) is 16.0 Å². The van der Waals surface area contributed by atoms with E-state index in [1.165, 1.54) is 11.3 Å². The van der Waals surface area contributed by atoms with Gasteiger partial charge in [-0.15, -0.1) is 0 Å². The van der Waals surface area contributed by atoms with Crippen molar-refractivity contribution in [1.82, 2.24) is 15.5 Å². The summed E-state index contributed by atoms with van der Waals surface area (Å²) in [7, 11) is 3.10. The Labute approximate surface area is 176 Å². The van der Waals surface area contributed by atoms with Crippen LogP contribution >= 0.6 is 0 Å². The third kappa shape index (κ3) is 5.73. The van der Waals surface area contributed by atoms with Gasteiger partial charge in [0, 0.05) is 45.0 Å². The highest BCUT2D eigenvalue weighted by atomic mass is 19.1. The summed E-state index contributed by atoms with van der Waals surface area (Å²) in [6.45, 7) is 0.919. The van der Waals surface area contributed by atoms with Gasteiger partial charge in [0.25, 0.3) is 0 Å². The molecule has 0 spiro atoms. The number of nitrogens with one attached hydrogen (secondary N) is 3. The maximum atomic E-state index is 14.1. The van der Waals surface area contributed by atoms with Gasteiger partial charge in [-0.05, 0) is 37.8 Å². The van der Waals surface area contributed by atoms with Crippen LogP contribution < -0.4 is 20.9 Å². The molecule has 1 saturated carbocycles. The number of carbonyl (C=O) groups excluding carboxylic acids is 2. The second-order valence-electron chi connectivity index (χ2n) is 8.33. The van der Waals surface area contributed by atoms with Gasteiger partial charge in [0.15, 0.2) is 11.6 Å². The number of amides is 4. The van der Waals surface area contributed by atoms with Crippen molar-refractivity contribution in [1.29, 1.82) is 0 Å². The fraction of sp³-hybridized carbons (Fsp3) is 0.619. The summed E-state index contributed by atoms with van der Waals surface area (Å²) < 4.78 is 28.2. The standard InChI is InChI=1S/C21H31F2N5O2/c1-27(2)19-17(22)12-16(13-18(19)23)26-21(30)28-10-8-15(9-11-28)25-20(29)24-14-6-4-3-5-7-14/h12-15H,3-11H2,1-2H3,(H,26,30)(H2,24,25,29). The number of benzene rings is 1. The summed E-state index contributed by atoms with van der Waals surface area (Å²) in [6.07, 6.45) is 6.88. The molecule has 4 amide bonds. The first-order chi connectivity index (χ1) is 14.3. The van der Waals surface area contributed by atoms with E-state index in [1.54, 1.807) is 19.0 Å². The first kappa shape index (κ1) is 22.1. The predicted molar refractivity (Wildman–Crippen MR) is 113 cm³/mol. The van der Waals surface area contributed by atoms with Gasteiger partial charge in [-0.1, -0.05) is 19.3 Å². The van der Waals surface area contributed by atoms with Crippen LogP contribution in [0.1, 0.15) is 44.9 Å². The molecule has 1 heterocycles. The number of rotatable bonds is 4. The second-order valence-corrected chi connectivity index (χ2v) is 8.33. The van der Waals surface area contributed by atoms with Crippen molar-refractivity contribution in [2.75, 3.05) is 37.4 Å². The number of hydrogen-bond donors (Lipinski definition) is 3. The van der Waals surface area contributed by atoms with Crippen LogP contribution in [0.3, 0.4) is 0 Å². The first-order valence-corrected chi connectivity index (χ1v) is 10.6.